The van der Waals surface area contributed by atoms with Crippen LogP contribution < -0.4 is 5.32 Å². The molecule has 11 nitrogen and oxygen atoms in total. The molecule has 2 aliphatic heterocycles. The molecule has 0 saturated carbocycles. The van der Waals surface area contributed by atoms with Crippen molar-refractivity contribution >= 4 is 39.1 Å². The predicted octanol–water partition coefficient (Wildman–Crippen LogP) is 1.59. The van der Waals surface area contributed by atoms with Gasteiger partial charge in [0, 0.05) is 18.8 Å². The maximum absolute atomic E-state index is 12.7. The number of amides is 1. The number of hydrogen-bond donors (Lipinski definition) is 1. The number of halogens is 3. The minimum absolute atomic E-state index is 0.0171. The van der Waals surface area contributed by atoms with Crippen molar-refractivity contribution in [1.82, 2.24) is 4.90 Å². The average molecular weight is 474 g/mol. The van der Waals surface area contributed by atoms with E-state index in [0.717, 1.165) is 6.07 Å². The molecule has 0 radical (unpaired) electrons. The van der Waals surface area contributed by atoms with Crippen molar-refractivity contribution < 1.29 is 40.8 Å². The molecule has 2 aliphatic rings. The molecule has 1 N–H and O–H groups in total. The van der Waals surface area contributed by atoms with Crippen LogP contribution >= 0.6 is 0 Å². The number of sulfonamides is 1. The number of anilines is 1. The zero-order chi connectivity index (χ0) is 23.7. The van der Waals surface area contributed by atoms with Gasteiger partial charge in [0.25, 0.3) is 21.6 Å². The molecule has 0 unspecified atom stereocenters. The van der Waals surface area contributed by atoms with Gasteiger partial charge in [-0.3, -0.25) is 14.9 Å². The first-order chi connectivity index (χ1) is 14.9. The van der Waals surface area contributed by atoms with Crippen molar-refractivity contribution in [3.63, 3.8) is 0 Å². The lowest BCUT2D eigenvalue weighted by atomic mass is 10.1. The first-order valence-corrected chi connectivity index (χ1v) is 10.3. The number of nitro benzene ring substituents is 1. The summed E-state index contributed by atoms with van der Waals surface area (Å²) in [6.07, 6.45) is -1.02. The molecule has 2 heterocycles. The summed E-state index contributed by atoms with van der Waals surface area (Å²) in [5, 5.41) is 13.1. The lowest BCUT2D eigenvalue weighted by Crippen LogP contribution is -2.37. The Labute approximate surface area is 178 Å². The summed E-state index contributed by atoms with van der Waals surface area (Å²) in [4.78, 5) is 35.5. The minimum Gasteiger partial charge on any atom is -0.452 e. The third-order valence-electron chi connectivity index (χ3n) is 4.19. The van der Waals surface area contributed by atoms with Crippen LogP contribution in [0.3, 0.4) is 0 Å². The molecule has 0 bridgehead atoms. The van der Waals surface area contributed by atoms with Crippen molar-refractivity contribution in [1.29, 1.82) is 0 Å². The van der Waals surface area contributed by atoms with E-state index in [0.29, 0.717) is 6.07 Å². The normalized spacial score (nSPS) is 17.0. The van der Waals surface area contributed by atoms with E-state index >= 15 is 0 Å². The van der Waals surface area contributed by atoms with Gasteiger partial charge in [-0.1, -0.05) is 0 Å². The van der Waals surface area contributed by atoms with Crippen LogP contribution in [-0.4, -0.2) is 54.9 Å². The number of carbonyl (C=O) groups is 2. The van der Waals surface area contributed by atoms with Crippen molar-refractivity contribution in [2.24, 2.45) is 4.40 Å². The quantitative estimate of drug-likeness (QED) is 0.384. The third kappa shape index (κ3) is 5.29. The second-order valence-corrected chi connectivity index (χ2v) is 8.21. The van der Waals surface area contributed by atoms with E-state index in [9.17, 15) is 41.3 Å². The first kappa shape index (κ1) is 22.9. The molecule has 0 aliphatic carbocycles. The highest BCUT2D eigenvalue weighted by Crippen LogP contribution is 2.34. The Hall–Kier alpha value is -3.75. The van der Waals surface area contributed by atoms with E-state index < -0.39 is 56.5 Å². The van der Waals surface area contributed by atoms with Crippen molar-refractivity contribution in [2.75, 3.05) is 24.2 Å². The molecule has 3 rings (SSSR count). The largest absolute Gasteiger partial charge is 0.452 e. The summed E-state index contributed by atoms with van der Waals surface area (Å²) in [6, 6.07) is 1.56. The van der Waals surface area contributed by atoms with Crippen molar-refractivity contribution in [3.8, 4) is 0 Å². The van der Waals surface area contributed by atoms with E-state index in [-0.39, 0.29) is 29.8 Å². The maximum Gasteiger partial charge on any atom is 0.416 e. The van der Waals surface area contributed by atoms with Gasteiger partial charge in [0.1, 0.15) is 11.5 Å². The van der Waals surface area contributed by atoms with Crippen LogP contribution in [0.25, 0.3) is 0 Å². The Morgan fingerprint density at radius 2 is 2.00 bits per heavy atom. The Bertz CT molecular complexity index is 1190. The van der Waals surface area contributed by atoms with E-state index in [4.69, 9.17) is 4.74 Å². The van der Waals surface area contributed by atoms with E-state index in [1.165, 1.54) is 23.3 Å². The Morgan fingerprint density at radius 3 is 2.66 bits per heavy atom. The highest BCUT2D eigenvalue weighted by molar-refractivity contribution is 7.90. The van der Waals surface area contributed by atoms with Gasteiger partial charge in [-0.15, -0.1) is 4.40 Å². The van der Waals surface area contributed by atoms with Crippen molar-refractivity contribution in [2.45, 2.75) is 6.18 Å². The Balaban J connectivity index is 1.63. The van der Waals surface area contributed by atoms with Crippen LogP contribution in [0, 0.1) is 10.1 Å². The van der Waals surface area contributed by atoms with Gasteiger partial charge in [-0.25, -0.2) is 13.2 Å². The van der Waals surface area contributed by atoms with Gasteiger partial charge >= 0.3 is 12.1 Å². The topological polar surface area (TPSA) is 148 Å². The van der Waals surface area contributed by atoms with Gasteiger partial charge in [-0.2, -0.15) is 13.2 Å². The van der Waals surface area contributed by atoms with Gasteiger partial charge in [0.2, 0.25) is 0 Å². The summed E-state index contributed by atoms with van der Waals surface area (Å²) in [5.74, 6) is -2.11. The summed E-state index contributed by atoms with van der Waals surface area (Å²) in [7, 11) is -3.58. The van der Waals surface area contributed by atoms with Gasteiger partial charge in [-0.05, 0) is 24.3 Å². The number of benzene rings is 1. The molecule has 0 fully saturated rings. The fourth-order valence-electron chi connectivity index (χ4n) is 2.69. The van der Waals surface area contributed by atoms with Crippen molar-refractivity contribution in [3.05, 3.63) is 57.8 Å². The van der Waals surface area contributed by atoms with Crippen LogP contribution in [0.1, 0.15) is 5.56 Å². The van der Waals surface area contributed by atoms with Crippen LogP contribution in [0.2, 0.25) is 0 Å². The second kappa shape index (κ2) is 8.41. The van der Waals surface area contributed by atoms with Gasteiger partial charge in [0.15, 0.2) is 6.61 Å². The molecule has 1 amide bonds. The number of alkyl halides is 3. The van der Waals surface area contributed by atoms with Gasteiger partial charge < -0.3 is 15.0 Å². The first-order valence-electron chi connectivity index (χ1n) is 8.67. The number of nitrogens with one attached hydrogen (secondary N) is 1. The molecule has 15 heteroatoms. The second-order valence-electron chi connectivity index (χ2n) is 6.46. The monoisotopic (exact) mass is 474 g/mol. The van der Waals surface area contributed by atoms with Gasteiger partial charge in [0.05, 0.1) is 21.8 Å². The van der Waals surface area contributed by atoms with E-state index in [1.54, 1.807) is 0 Å². The number of fused-ring (bicyclic) bond motifs is 1. The molecule has 0 saturated heterocycles. The summed E-state index contributed by atoms with van der Waals surface area (Å²) >= 11 is 0. The Morgan fingerprint density at radius 1 is 1.28 bits per heavy atom. The fraction of sp³-hybridized carbons (Fsp3) is 0.235. The summed E-state index contributed by atoms with van der Waals surface area (Å²) in [6.45, 7) is -0.822. The number of esters is 1. The number of nitro groups is 1. The highest BCUT2D eigenvalue weighted by Gasteiger charge is 2.33. The smallest absolute Gasteiger partial charge is 0.416 e. The number of nitrogens with zero attached hydrogens (tertiary/aromatic N) is 3. The highest BCUT2D eigenvalue weighted by atomic mass is 32.2. The lowest BCUT2D eigenvalue weighted by molar-refractivity contribution is -0.384. The number of hydrogen-bond acceptors (Lipinski definition) is 8. The number of ether oxygens (including phenoxy) is 1. The molecular weight excluding hydrogens is 461 g/mol. The molecule has 0 atom stereocenters. The third-order valence-corrected chi connectivity index (χ3v) is 5.35. The van der Waals surface area contributed by atoms with E-state index in [2.05, 4.69) is 4.40 Å². The Kier molecular flexibility index (Phi) is 6.03. The molecule has 32 heavy (non-hydrogen) atoms. The van der Waals surface area contributed by atoms with Crippen LogP contribution in [0.5, 0.6) is 0 Å². The number of amidine groups is 1. The summed E-state index contributed by atoms with van der Waals surface area (Å²) < 4.78 is 69.5. The molecule has 1 aromatic rings. The molecule has 170 valence electrons. The number of carbonyl (C=O) groups excluding carboxylic acids is 2. The number of rotatable bonds is 5. The predicted molar refractivity (Wildman–Crippen MR) is 103 cm³/mol. The molecular formula is C17H13F3N4O7S. The SMILES string of the molecule is O=C(COC(=O)C1=CN2CCS(=O)(=O)N=C2C=C1)Nc1ccc(C(F)(F)F)cc1[N+](=O)[O-]. The van der Waals surface area contributed by atoms with Crippen LogP contribution in [-0.2, 0) is 30.5 Å². The minimum atomic E-state index is -4.81. The maximum atomic E-state index is 12.7. The molecule has 0 aromatic heterocycles. The summed E-state index contributed by atoms with van der Waals surface area (Å²) in [5.41, 5.74) is -2.77. The lowest BCUT2D eigenvalue weighted by Gasteiger charge is -2.26. The average Bonchev–Trinajstić information content (AvgIpc) is 2.70. The van der Waals surface area contributed by atoms with E-state index in [1.807, 2.05) is 5.32 Å². The van der Waals surface area contributed by atoms with Crippen LogP contribution in [0.4, 0.5) is 24.5 Å². The molecule has 0 spiro atoms. The zero-order valence-electron chi connectivity index (χ0n) is 15.8. The zero-order valence-corrected chi connectivity index (χ0v) is 16.6. The standard InChI is InChI=1S/C17H13F3N4O7S/c18-17(19,20)11-2-3-12(13(7-11)24(27)28)21-15(25)9-31-16(26)10-1-4-14-22-32(29,30)6-5-23(14)8-10/h1-4,7-8H,5-6,9H2,(H,21,25). The fourth-order valence-corrected chi connectivity index (χ4v) is 3.66. The van der Waals surface area contributed by atoms with Crippen LogP contribution in [0.15, 0.2) is 46.5 Å². The molecule has 1 aromatic carbocycles.